The predicted molar refractivity (Wildman–Crippen MR) is 106 cm³/mol. The molecule has 0 saturated heterocycles. The van der Waals surface area contributed by atoms with Crippen molar-refractivity contribution in [2.24, 2.45) is 0 Å². The highest BCUT2D eigenvalue weighted by Crippen LogP contribution is 2.37. The minimum absolute atomic E-state index is 0.0657. The highest BCUT2D eigenvalue weighted by molar-refractivity contribution is 5.93. The lowest BCUT2D eigenvalue weighted by Crippen LogP contribution is -2.32. The third kappa shape index (κ3) is 4.11. The lowest BCUT2D eigenvalue weighted by atomic mass is 10.2. The molecule has 1 saturated carbocycles. The molecule has 0 aliphatic heterocycles. The monoisotopic (exact) mass is 375 g/mol. The summed E-state index contributed by atoms with van der Waals surface area (Å²) in [5, 5.41) is 0. The number of amides is 1. The second kappa shape index (κ2) is 7.68. The van der Waals surface area contributed by atoms with Crippen LogP contribution in [0.25, 0.3) is 0 Å². The fourth-order valence-electron chi connectivity index (χ4n) is 2.96. The first-order chi connectivity index (χ1) is 13.6. The number of aromatic nitrogens is 2. The number of hydrogen-bond donors (Lipinski definition) is 1. The van der Waals surface area contributed by atoms with E-state index in [-0.39, 0.29) is 17.0 Å². The molecule has 1 aromatic heterocycles. The largest absolute Gasteiger partial charge is 0.457 e. The summed E-state index contributed by atoms with van der Waals surface area (Å²) in [6.07, 6.45) is 3.47. The summed E-state index contributed by atoms with van der Waals surface area (Å²) in [5.74, 6) is 2.16. The van der Waals surface area contributed by atoms with Crippen LogP contribution in [0.2, 0.25) is 0 Å². The Morgan fingerprint density at radius 2 is 1.79 bits per heavy atom. The zero-order valence-electron chi connectivity index (χ0n) is 15.6. The van der Waals surface area contributed by atoms with Crippen molar-refractivity contribution in [3.05, 3.63) is 88.1 Å². The average molecular weight is 375 g/mol. The van der Waals surface area contributed by atoms with E-state index >= 15 is 0 Å². The Labute approximate surface area is 162 Å². The molecule has 1 fully saturated rings. The Morgan fingerprint density at radius 1 is 1.11 bits per heavy atom. The van der Waals surface area contributed by atoms with Crippen molar-refractivity contribution in [1.29, 1.82) is 0 Å². The Morgan fingerprint density at radius 3 is 2.43 bits per heavy atom. The first kappa shape index (κ1) is 18.0. The molecule has 0 bridgehead atoms. The molecule has 0 atom stereocenters. The van der Waals surface area contributed by atoms with Crippen LogP contribution < -0.4 is 10.3 Å². The maximum absolute atomic E-state index is 12.6. The van der Waals surface area contributed by atoms with Gasteiger partial charge in [0.05, 0.1) is 0 Å². The third-order valence-electron chi connectivity index (χ3n) is 4.68. The van der Waals surface area contributed by atoms with Crippen molar-refractivity contribution >= 4 is 5.91 Å². The van der Waals surface area contributed by atoms with Gasteiger partial charge in [-0.15, -0.1) is 0 Å². The minimum atomic E-state index is -0.375. The van der Waals surface area contributed by atoms with Gasteiger partial charge in [-0.25, -0.2) is 4.98 Å². The van der Waals surface area contributed by atoms with Gasteiger partial charge in [0, 0.05) is 25.7 Å². The summed E-state index contributed by atoms with van der Waals surface area (Å²) < 4.78 is 5.77. The van der Waals surface area contributed by atoms with Crippen LogP contribution in [0.1, 0.15) is 40.5 Å². The van der Waals surface area contributed by atoms with Crippen molar-refractivity contribution in [1.82, 2.24) is 14.9 Å². The molecule has 3 aromatic rings. The number of carbonyl (C=O) groups excluding carboxylic acids is 1. The first-order valence-electron chi connectivity index (χ1n) is 9.26. The van der Waals surface area contributed by atoms with Crippen LogP contribution >= 0.6 is 0 Å². The van der Waals surface area contributed by atoms with Crippen LogP contribution in [0.3, 0.4) is 0 Å². The van der Waals surface area contributed by atoms with Gasteiger partial charge in [0.2, 0.25) is 0 Å². The maximum atomic E-state index is 12.6. The summed E-state index contributed by atoms with van der Waals surface area (Å²) in [6, 6.07) is 17.1. The van der Waals surface area contributed by atoms with Gasteiger partial charge < -0.3 is 14.6 Å². The molecule has 1 aliphatic rings. The summed E-state index contributed by atoms with van der Waals surface area (Å²) in [6.45, 7) is 0.383. The molecule has 1 heterocycles. The zero-order valence-corrected chi connectivity index (χ0v) is 15.6. The molecule has 0 spiro atoms. The quantitative estimate of drug-likeness (QED) is 0.713. The second-order valence-electron chi connectivity index (χ2n) is 7.01. The van der Waals surface area contributed by atoms with E-state index in [0.29, 0.717) is 18.3 Å². The van der Waals surface area contributed by atoms with Gasteiger partial charge in [0.15, 0.2) is 0 Å². The molecule has 28 heavy (non-hydrogen) atoms. The molecular weight excluding hydrogens is 354 g/mol. The second-order valence-corrected chi connectivity index (χ2v) is 7.01. The smallest absolute Gasteiger partial charge is 0.263 e. The van der Waals surface area contributed by atoms with Gasteiger partial charge in [-0.3, -0.25) is 9.59 Å². The number of carbonyl (C=O) groups is 1. The van der Waals surface area contributed by atoms with E-state index in [9.17, 15) is 9.59 Å². The lowest BCUT2D eigenvalue weighted by Gasteiger charge is -2.17. The average Bonchev–Trinajstić information content (AvgIpc) is 3.55. The molecule has 1 amide bonds. The number of nitrogens with zero attached hydrogens (tertiary/aromatic N) is 2. The van der Waals surface area contributed by atoms with Crippen molar-refractivity contribution in [2.45, 2.75) is 25.3 Å². The van der Waals surface area contributed by atoms with E-state index in [1.807, 2.05) is 54.6 Å². The van der Waals surface area contributed by atoms with Crippen molar-refractivity contribution < 1.29 is 9.53 Å². The highest BCUT2D eigenvalue weighted by Gasteiger charge is 2.27. The third-order valence-corrected chi connectivity index (χ3v) is 4.68. The van der Waals surface area contributed by atoms with E-state index in [1.54, 1.807) is 7.05 Å². The predicted octanol–water partition coefficient (Wildman–Crippen LogP) is 3.71. The molecule has 0 radical (unpaired) electrons. The molecule has 6 heteroatoms. The van der Waals surface area contributed by atoms with E-state index in [2.05, 4.69) is 9.97 Å². The van der Waals surface area contributed by atoms with Crippen LogP contribution in [0.5, 0.6) is 11.5 Å². The fourth-order valence-corrected chi connectivity index (χ4v) is 2.96. The number of aromatic amines is 1. The van der Waals surface area contributed by atoms with Gasteiger partial charge in [-0.05, 0) is 42.7 Å². The van der Waals surface area contributed by atoms with E-state index in [1.165, 1.54) is 11.1 Å². The Balaban J connectivity index is 1.40. The number of benzene rings is 2. The van der Waals surface area contributed by atoms with Crippen molar-refractivity contribution in [3.8, 4) is 11.5 Å². The van der Waals surface area contributed by atoms with Gasteiger partial charge in [-0.1, -0.05) is 30.3 Å². The Bertz CT molecular complexity index is 1020. The SMILES string of the molecule is CN(Cc1ccc(Oc2ccccc2)cc1)C(=O)c1cnc(C2CC2)[nH]c1=O. The molecule has 1 N–H and O–H groups in total. The maximum Gasteiger partial charge on any atom is 0.263 e. The Hall–Kier alpha value is -3.41. The standard InChI is InChI=1S/C22H21N3O3/c1-25(22(27)19-13-23-20(16-9-10-16)24-21(19)26)14-15-7-11-18(12-8-15)28-17-5-3-2-4-6-17/h2-8,11-13,16H,9-10,14H2,1H3,(H,23,24,26). The van der Waals surface area contributed by atoms with Crippen LogP contribution in [-0.2, 0) is 6.54 Å². The van der Waals surface area contributed by atoms with Crippen molar-refractivity contribution in [2.75, 3.05) is 7.05 Å². The summed E-state index contributed by atoms with van der Waals surface area (Å²) >= 11 is 0. The molecular formula is C22H21N3O3. The number of ether oxygens (including phenoxy) is 1. The van der Waals surface area contributed by atoms with Crippen LogP contribution in [0, 0.1) is 0 Å². The van der Waals surface area contributed by atoms with Crippen LogP contribution in [0.4, 0.5) is 0 Å². The van der Waals surface area contributed by atoms with Crippen LogP contribution in [-0.4, -0.2) is 27.8 Å². The van der Waals surface area contributed by atoms with Gasteiger partial charge in [-0.2, -0.15) is 0 Å². The fraction of sp³-hybridized carbons (Fsp3) is 0.227. The van der Waals surface area contributed by atoms with E-state index in [4.69, 9.17) is 4.74 Å². The minimum Gasteiger partial charge on any atom is -0.457 e. The first-order valence-corrected chi connectivity index (χ1v) is 9.26. The normalized spacial score (nSPS) is 13.2. The number of H-pyrrole nitrogens is 1. The van der Waals surface area contributed by atoms with Gasteiger partial charge >= 0.3 is 0 Å². The number of nitrogens with one attached hydrogen (secondary N) is 1. The molecule has 6 nitrogen and oxygen atoms in total. The molecule has 0 unspecified atom stereocenters. The van der Waals surface area contributed by atoms with E-state index in [0.717, 1.165) is 29.9 Å². The summed E-state index contributed by atoms with van der Waals surface area (Å²) in [7, 11) is 1.67. The highest BCUT2D eigenvalue weighted by atomic mass is 16.5. The van der Waals surface area contributed by atoms with Crippen LogP contribution in [0.15, 0.2) is 65.6 Å². The number of rotatable bonds is 6. The molecule has 1 aliphatic carbocycles. The lowest BCUT2D eigenvalue weighted by molar-refractivity contribution is 0.0782. The number of hydrogen-bond acceptors (Lipinski definition) is 4. The van der Waals surface area contributed by atoms with Gasteiger partial charge in [0.25, 0.3) is 11.5 Å². The van der Waals surface area contributed by atoms with Gasteiger partial charge in [0.1, 0.15) is 22.9 Å². The summed E-state index contributed by atoms with van der Waals surface area (Å²) in [4.78, 5) is 33.3. The molecule has 142 valence electrons. The Kier molecular flexibility index (Phi) is 4.93. The van der Waals surface area contributed by atoms with E-state index < -0.39 is 0 Å². The topological polar surface area (TPSA) is 75.3 Å². The van der Waals surface area contributed by atoms with Crippen molar-refractivity contribution in [3.63, 3.8) is 0 Å². The summed E-state index contributed by atoms with van der Waals surface area (Å²) in [5.41, 5.74) is 0.631. The number of para-hydroxylation sites is 1. The molecule has 4 rings (SSSR count). The molecule has 2 aromatic carbocycles. The zero-order chi connectivity index (χ0) is 19.5.